The minimum Gasteiger partial charge on any atom is -0.366 e. The summed E-state index contributed by atoms with van der Waals surface area (Å²) in [5, 5.41) is 10.0. The van der Waals surface area contributed by atoms with E-state index in [0.717, 1.165) is 17.7 Å². The van der Waals surface area contributed by atoms with E-state index in [1.54, 1.807) is 24.5 Å². The van der Waals surface area contributed by atoms with E-state index in [1.165, 1.54) is 0 Å². The van der Waals surface area contributed by atoms with Crippen molar-refractivity contribution < 1.29 is 0 Å². The molecule has 0 bridgehead atoms. The van der Waals surface area contributed by atoms with Crippen molar-refractivity contribution in [3.05, 3.63) is 63.1 Å². The first-order valence-electron chi connectivity index (χ1n) is 7.25. The molecule has 0 heterocycles. The third-order valence-electron chi connectivity index (χ3n) is 3.49. The number of hydrogen-bond donors (Lipinski definition) is 0. The van der Waals surface area contributed by atoms with Crippen LogP contribution in [0.3, 0.4) is 0 Å². The van der Waals surface area contributed by atoms with Gasteiger partial charge < -0.3 is 4.90 Å². The highest BCUT2D eigenvalue weighted by Crippen LogP contribution is 2.32. The van der Waals surface area contributed by atoms with Crippen LogP contribution < -0.4 is 0 Å². The van der Waals surface area contributed by atoms with Crippen LogP contribution in [0.25, 0.3) is 0 Å². The minimum absolute atomic E-state index is 0.568. The number of aliphatic imine (C=N–C) groups is 1. The van der Waals surface area contributed by atoms with Crippen LogP contribution in [0.2, 0.25) is 10.0 Å². The Hall–Kier alpha value is -2.02. The average molecular weight is 346 g/mol. The average Bonchev–Trinajstić information content (AvgIpc) is 2.57. The lowest BCUT2D eigenvalue weighted by atomic mass is 10.0. The summed E-state index contributed by atoms with van der Waals surface area (Å²) in [6, 6.07) is 13.2. The maximum atomic E-state index is 8.83. The highest BCUT2D eigenvalue weighted by Gasteiger charge is 2.08. The zero-order chi connectivity index (χ0) is 16.8. The molecule has 0 atom stereocenters. The van der Waals surface area contributed by atoms with Gasteiger partial charge in [-0.05, 0) is 48.7 Å². The molecule has 2 aromatic carbocycles. The first-order valence-corrected chi connectivity index (χ1v) is 8.00. The van der Waals surface area contributed by atoms with E-state index in [-0.39, 0.29) is 0 Å². The second-order valence-corrected chi connectivity index (χ2v) is 6.01. The van der Waals surface area contributed by atoms with E-state index in [2.05, 4.69) is 11.1 Å². The minimum atomic E-state index is 0.568. The standard InChI is InChI=1S/C18H17Cl2N3/c1-3-23(2)12-22-18-10-16(19)15(9-17(18)20)8-13-4-6-14(11-21)7-5-13/h4-7,9-10,12H,3,8H2,1-2H3/b22-12-. The van der Waals surface area contributed by atoms with Gasteiger partial charge in [0.15, 0.2) is 0 Å². The van der Waals surface area contributed by atoms with Gasteiger partial charge in [-0.1, -0.05) is 35.3 Å². The molecular weight excluding hydrogens is 329 g/mol. The van der Waals surface area contributed by atoms with Crippen molar-refractivity contribution >= 4 is 35.2 Å². The Labute approximate surface area is 146 Å². The largest absolute Gasteiger partial charge is 0.366 e. The third-order valence-corrected chi connectivity index (χ3v) is 4.14. The van der Waals surface area contributed by atoms with Gasteiger partial charge in [0.25, 0.3) is 0 Å². The quantitative estimate of drug-likeness (QED) is 0.560. The fraction of sp³-hybridized carbons (Fsp3) is 0.222. The number of hydrogen-bond acceptors (Lipinski definition) is 2. The summed E-state index contributed by atoms with van der Waals surface area (Å²) in [4.78, 5) is 6.31. The van der Waals surface area contributed by atoms with E-state index < -0.39 is 0 Å². The third kappa shape index (κ3) is 4.72. The first-order chi connectivity index (χ1) is 11.0. The molecule has 2 aromatic rings. The van der Waals surface area contributed by atoms with Gasteiger partial charge in [0.05, 0.1) is 28.7 Å². The molecule has 0 radical (unpaired) electrons. The molecule has 0 N–H and O–H groups in total. The van der Waals surface area contributed by atoms with Crippen LogP contribution in [0.4, 0.5) is 5.69 Å². The lowest BCUT2D eigenvalue weighted by Gasteiger charge is -2.10. The zero-order valence-corrected chi connectivity index (χ0v) is 14.6. The van der Waals surface area contributed by atoms with E-state index in [9.17, 15) is 0 Å². The van der Waals surface area contributed by atoms with Gasteiger partial charge in [-0.25, -0.2) is 4.99 Å². The van der Waals surface area contributed by atoms with Gasteiger partial charge in [-0.2, -0.15) is 5.26 Å². The summed E-state index contributed by atoms with van der Waals surface area (Å²) < 4.78 is 0. The van der Waals surface area contributed by atoms with Crippen molar-refractivity contribution in [1.29, 1.82) is 5.26 Å². The molecule has 5 heteroatoms. The predicted octanol–water partition coefficient (Wildman–Crippen LogP) is 5.07. The Balaban J connectivity index is 2.22. The topological polar surface area (TPSA) is 39.4 Å². The van der Waals surface area contributed by atoms with Crippen molar-refractivity contribution in [2.24, 2.45) is 4.99 Å². The maximum absolute atomic E-state index is 8.83. The van der Waals surface area contributed by atoms with Gasteiger partial charge in [0, 0.05) is 18.6 Å². The number of nitriles is 1. The van der Waals surface area contributed by atoms with Crippen LogP contribution in [0.15, 0.2) is 41.4 Å². The van der Waals surface area contributed by atoms with Crippen molar-refractivity contribution in [3.8, 4) is 6.07 Å². The molecule has 0 fully saturated rings. The molecule has 23 heavy (non-hydrogen) atoms. The van der Waals surface area contributed by atoms with Crippen LogP contribution in [0, 0.1) is 11.3 Å². The highest BCUT2D eigenvalue weighted by atomic mass is 35.5. The van der Waals surface area contributed by atoms with Crippen LogP contribution in [0.5, 0.6) is 0 Å². The molecule has 0 amide bonds. The van der Waals surface area contributed by atoms with Crippen LogP contribution in [-0.4, -0.2) is 24.8 Å². The molecule has 3 nitrogen and oxygen atoms in total. The molecule has 0 spiro atoms. The summed E-state index contributed by atoms with van der Waals surface area (Å²) in [7, 11) is 1.94. The maximum Gasteiger partial charge on any atom is 0.0991 e. The van der Waals surface area contributed by atoms with Crippen molar-refractivity contribution in [2.75, 3.05) is 13.6 Å². The second-order valence-electron chi connectivity index (χ2n) is 5.20. The molecule has 0 saturated heterocycles. The summed E-state index contributed by atoms with van der Waals surface area (Å²) in [5.74, 6) is 0. The predicted molar refractivity (Wildman–Crippen MR) is 96.9 cm³/mol. The number of rotatable bonds is 5. The van der Waals surface area contributed by atoms with E-state index in [0.29, 0.717) is 27.7 Å². The van der Waals surface area contributed by atoms with Gasteiger partial charge in [0.2, 0.25) is 0 Å². The smallest absolute Gasteiger partial charge is 0.0991 e. The van der Waals surface area contributed by atoms with Gasteiger partial charge in [0.1, 0.15) is 0 Å². The molecule has 118 valence electrons. The lowest BCUT2D eigenvalue weighted by Crippen LogP contribution is -2.14. The van der Waals surface area contributed by atoms with E-state index in [1.807, 2.05) is 37.1 Å². The van der Waals surface area contributed by atoms with Gasteiger partial charge >= 0.3 is 0 Å². The van der Waals surface area contributed by atoms with E-state index in [4.69, 9.17) is 28.5 Å². The molecule has 0 aliphatic carbocycles. The van der Waals surface area contributed by atoms with Crippen molar-refractivity contribution in [1.82, 2.24) is 4.90 Å². The molecular formula is C18H17Cl2N3. The molecule has 0 aromatic heterocycles. The van der Waals surface area contributed by atoms with Crippen molar-refractivity contribution in [3.63, 3.8) is 0 Å². The Morgan fingerprint density at radius 1 is 1.17 bits per heavy atom. The molecule has 0 unspecified atom stereocenters. The summed E-state index contributed by atoms with van der Waals surface area (Å²) in [6.07, 6.45) is 2.39. The Kier molecular flexibility index (Phi) is 6.04. The number of nitrogens with zero attached hydrogens (tertiary/aromatic N) is 3. The fourth-order valence-corrected chi connectivity index (χ4v) is 2.43. The number of halogens is 2. The molecule has 0 aliphatic rings. The zero-order valence-electron chi connectivity index (χ0n) is 13.1. The Morgan fingerprint density at radius 2 is 1.87 bits per heavy atom. The summed E-state index contributed by atoms with van der Waals surface area (Å²) >= 11 is 12.7. The summed E-state index contributed by atoms with van der Waals surface area (Å²) in [6.45, 7) is 2.91. The van der Waals surface area contributed by atoms with Crippen LogP contribution in [0.1, 0.15) is 23.6 Å². The molecule has 2 rings (SSSR count). The van der Waals surface area contributed by atoms with E-state index >= 15 is 0 Å². The van der Waals surface area contributed by atoms with Crippen LogP contribution >= 0.6 is 23.2 Å². The second kappa shape index (κ2) is 8.01. The summed E-state index contributed by atoms with van der Waals surface area (Å²) in [5.41, 5.74) is 3.30. The molecule has 0 aliphatic heterocycles. The normalized spacial score (nSPS) is 10.7. The molecule has 0 saturated carbocycles. The van der Waals surface area contributed by atoms with Gasteiger partial charge in [-0.15, -0.1) is 0 Å². The Bertz CT molecular complexity index is 746. The van der Waals surface area contributed by atoms with Crippen LogP contribution in [-0.2, 0) is 6.42 Å². The lowest BCUT2D eigenvalue weighted by molar-refractivity contribution is 0.552. The SMILES string of the molecule is CCN(C)/C=N\c1cc(Cl)c(Cc2ccc(C#N)cc2)cc1Cl. The highest BCUT2D eigenvalue weighted by molar-refractivity contribution is 6.35. The van der Waals surface area contributed by atoms with Gasteiger partial charge in [-0.3, -0.25) is 0 Å². The number of benzene rings is 2. The van der Waals surface area contributed by atoms with Crippen molar-refractivity contribution in [2.45, 2.75) is 13.3 Å². The Morgan fingerprint density at radius 3 is 2.48 bits per heavy atom. The first kappa shape index (κ1) is 17.3. The monoisotopic (exact) mass is 345 g/mol. The fourth-order valence-electron chi connectivity index (χ4n) is 1.97.